The molecule has 2 fully saturated rings. The standard InChI is InChI=1S/C15H29ClNP/c1-12(17(2)3)14-10-7-11-15(14)18(16)13-8-5-4-6-9-13/h12-15H,4-11H2,1-3H3/t12-,14?,15?,18?/m1/s1. The molecule has 0 heterocycles. The van der Waals surface area contributed by atoms with Crippen LogP contribution < -0.4 is 0 Å². The van der Waals surface area contributed by atoms with Crippen molar-refractivity contribution in [3.05, 3.63) is 0 Å². The lowest BCUT2D eigenvalue weighted by Crippen LogP contribution is -2.36. The summed E-state index contributed by atoms with van der Waals surface area (Å²) >= 11 is 6.96. The van der Waals surface area contributed by atoms with Gasteiger partial charge in [-0.3, -0.25) is 0 Å². The highest BCUT2D eigenvalue weighted by atomic mass is 35.7. The Morgan fingerprint density at radius 1 is 1.00 bits per heavy atom. The third kappa shape index (κ3) is 3.41. The molecule has 0 aromatic heterocycles. The fourth-order valence-electron chi connectivity index (χ4n) is 3.82. The fraction of sp³-hybridized carbons (Fsp3) is 1.00. The van der Waals surface area contributed by atoms with Crippen LogP contribution in [0, 0.1) is 5.92 Å². The second kappa shape index (κ2) is 6.91. The molecule has 0 aromatic carbocycles. The van der Waals surface area contributed by atoms with E-state index in [2.05, 4.69) is 25.9 Å². The molecule has 0 saturated heterocycles. The molecule has 106 valence electrons. The quantitative estimate of drug-likeness (QED) is 0.653. The van der Waals surface area contributed by atoms with Crippen molar-refractivity contribution in [2.45, 2.75) is 75.7 Å². The van der Waals surface area contributed by atoms with Gasteiger partial charge in [0.05, 0.1) is 0 Å². The summed E-state index contributed by atoms with van der Waals surface area (Å²) in [5, 5.41) is 0. The summed E-state index contributed by atoms with van der Waals surface area (Å²) in [6.45, 7) is 2.39. The van der Waals surface area contributed by atoms with Crippen LogP contribution in [0.2, 0.25) is 0 Å². The maximum Gasteiger partial charge on any atom is 0.00955 e. The van der Waals surface area contributed by atoms with Gasteiger partial charge in [-0.15, -0.1) is 0 Å². The third-order valence-corrected chi connectivity index (χ3v) is 9.28. The Morgan fingerprint density at radius 2 is 1.67 bits per heavy atom. The number of rotatable bonds is 4. The molecule has 0 bridgehead atoms. The predicted molar refractivity (Wildman–Crippen MR) is 83.9 cm³/mol. The van der Waals surface area contributed by atoms with Crippen LogP contribution in [0.25, 0.3) is 0 Å². The average molecular weight is 290 g/mol. The Balaban J connectivity index is 1.97. The van der Waals surface area contributed by atoms with E-state index in [1.807, 2.05) is 0 Å². The van der Waals surface area contributed by atoms with Crippen LogP contribution in [0.5, 0.6) is 0 Å². The highest BCUT2D eigenvalue weighted by Crippen LogP contribution is 2.62. The van der Waals surface area contributed by atoms with Gasteiger partial charge in [0.15, 0.2) is 0 Å². The van der Waals surface area contributed by atoms with Crippen molar-refractivity contribution in [2.75, 3.05) is 14.1 Å². The SMILES string of the molecule is C[C@H](C1CCCC1P(Cl)C1CCCCC1)N(C)C. The molecule has 3 heteroatoms. The van der Waals surface area contributed by atoms with Crippen LogP contribution in [0.1, 0.15) is 58.3 Å². The molecule has 2 saturated carbocycles. The van der Waals surface area contributed by atoms with Crippen LogP contribution in [0.3, 0.4) is 0 Å². The van der Waals surface area contributed by atoms with Crippen molar-refractivity contribution in [1.82, 2.24) is 4.90 Å². The first kappa shape index (κ1) is 15.1. The van der Waals surface area contributed by atoms with Crippen LogP contribution >= 0.6 is 18.5 Å². The molecular formula is C15H29ClNP. The zero-order valence-electron chi connectivity index (χ0n) is 12.2. The Morgan fingerprint density at radius 3 is 2.28 bits per heavy atom. The highest BCUT2D eigenvalue weighted by Gasteiger charge is 2.39. The molecule has 2 aliphatic rings. The van der Waals surface area contributed by atoms with Gasteiger partial charge in [-0.05, 0) is 71.2 Å². The lowest BCUT2D eigenvalue weighted by atomic mass is 9.98. The normalized spacial score (nSPS) is 33.8. The summed E-state index contributed by atoms with van der Waals surface area (Å²) < 4.78 is 0. The van der Waals surface area contributed by atoms with Gasteiger partial charge in [0.25, 0.3) is 0 Å². The summed E-state index contributed by atoms with van der Waals surface area (Å²) in [7, 11) is 4.19. The van der Waals surface area contributed by atoms with Crippen molar-refractivity contribution in [3.8, 4) is 0 Å². The minimum absolute atomic E-state index is 0.251. The van der Waals surface area contributed by atoms with Gasteiger partial charge >= 0.3 is 0 Å². The molecule has 0 aromatic rings. The van der Waals surface area contributed by atoms with Gasteiger partial charge in [-0.2, -0.15) is 0 Å². The van der Waals surface area contributed by atoms with E-state index in [1.165, 1.54) is 51.4 Å². The lowest BCUT2D eigenvalue weighted by Gasteiger charge is -2.37. The molecule has 0 aliphatic heterocycles. The van der Waals surface area contributed by atoms with E-state index in [4.69, 9.17) is 11.2 Å². The van der Waals surface area contributed by atoms with E-state index < -0.39 is 0 Å². The molecule has 4 atom stereocenters. The topological polar surface area (TPSA) is 3.24 Å². The average Bonchev–Trinajstić information content (AvgIpc) is 2.87. The molecule has 0 N–H and O–H groups in total. The summed E-state index contributed by atoms with van der Waals surface area (Å²) in [4.78, 5) is 2.39. The second-order valence-electron chi connectivity index (χ2n) is 6.50. The Bertz CT molecular complexity index is 253. The number of hydrogen-bond donors (Lipinski definition) is 0. The van der Waals surface area contributed by atoms with E-state index >= 15 is 0 Å². The van der Waals surface area contributed by atoms with E-state index in [0.717, 1.165) is 17.2 Å². The van der Waals surface area contributed by atoms with Crippen molar-refractivity contribution in [3.63, 3.8) is 0 Å². The van der Waals surface area contributed by atoms with E-state index in [1.54, 1.807) is 0 Å². The largest absolute Gasteiger partial charge is 0.306 e. The van der Waals surface area contributed by atoms with Crippen LogP contribution in [0.15, 0.2) is 0 Å². The maximum atomic E-state index is 6.96. The zero-order valence-corrected chi connectivity index (χ0v) is 13.9. The molecule has 2 aliphatic carbocycles. The Labute approximate surface area is 119 Å². The molecule has 0 spiro atoms. The first-order valence-electron chi connectivity index (χ1n) is 7.72. The van der Waals surface area contributed by atoms with Gasteiger partial charge in [0, 0.05) is 6.04 Å². The summed E-state index contributed by atoms with van der Waals surface area (Å²) in [5.74, 6) is 0.852. The lowest BCUT2D eigenvalue weighted by molar-refractivity contribution is 0.232. The Kier molecular flexibility index (Phi) is 5.79. The van der Waals surface area contributed by atoms with Crippen molar-refractivity contribution in [2.24, 2.45) is 5.92 Å². The predicted octanol–water partition coefficient (Wildman–Crippen LogP) is 5.07. The minimum Gasteiger partial charge on any atom is -0.306 e. The van der Waals surface area contributed by atoms with E-state index in [0.29, 0.717) is 6.04 Å². The Hall–Kier alpha value is 0.680. The van der Waals surface area contributed by atoms with Crippen molar-refractivity contribution < 1.29 is 0 Å². The summed E-state index contributed by atoms with van der Waals surface area (Å²) in [6, 6.07) is 0.699. The molecule has 0 amide bonds. The zero-order chi connectivity index (χ0) is 13.1. The van der Waals surface area contributed by atoms with Crippen LogP contribution in [-0.4, -0.2) is 36.4 Å². The van der Waals surface area contributed by atoms with Crippen molar-refractivity contribution >= 4 is 18.5 Å². The molecule has 0 radical (unpaired) electrons. The summed E-state index contributed by atoms with van der Waals surface area (Å²) in [6.07, 6.45) is 11.3. The van der Waals surface area contributed by atoms with Gasteiger partial charge in [0.2, 0.25) is 0 Å². The second-order valence-corrected chi connectivity index (χ2v) is 9.76. The monoisotopic (exact) mass is 289 g/mol. The van der Waals surface area contributed by atoms with Gasteiger partial charge < -0.3 is 4.90 Å². The number of nitrogens with zero attached hydrogens (tertiary/aromatic N) is 1. The highest BCUT2D eigenvalue weighted by molar-refractivity contribution is 7.85. The first-order valence-corrected chi connectivity index (χ1v) is 10.1. The molecular weight excluding hydrogens is 261 g/mol. The minimum atomic E-state index is -0.251. The van der Waals surface area contributed by atoms with Crippen LogP contribution in [0.4, 0.5) is 0 Å². The van der Waals surface area contributed by atoms with E-state index in [-0.39, 0.29) is 7.27 Å². The maximum absolute atomic E-state index is 6.96. The van der Waals surface area contributed by atoms with Gasteiger partial charge in [-0.1, -0.05) is 36.9 Å². The fourth-order valence-corrected chi connectivity index (χ4v) is 7.73. The molecule has 2 rings (SSSR count). The molecule has 18 heavy (non-hydrogen) atoms. The van der Waals surface area contributed by atoms with E-state index in [9.17, 15) is 0 Å². The first-order chi connectivity index (χ1) is 8.61. The van der Waals surface area contributed by atoms with Gasteiger partial charge in [0.1, 0.15) is 0 Å². The van der Waals surface area contributed by atoms with Crippen molar-refractivity contribution in [1.29, 1.82) is 0 Å². The molecule has 1 nitrogen and oxygen atoms in total. The number of hydrogen-bond acceptors (Lipinski definition) is 1. The summed E-state index contributed by atoms with van der Waals surface area (Å²) in [5.41, 5.74) is 1.71. The number of halogens is 1. The molecule has 3 unspecified atom stereocenters. The van der Waals surface area contributed by atoms with Crippen LogP contribution in [-0.2, 0) is 0 Å². The van der Waals surface area contributed by atoms with Gasteiger partial charge in [-0.25, -0.2) is 0 Å². The third-order valence-electron chi connectivity index (χ3n) is 5.21. The smallest absolute Gasteiger partial charge is 0.00955 e.